The lowest BCUT2D eigenvalue weighted by Gasteiger charge is -2.29. The van der Waals surface area contributed by atoms with Crippen molar-refractivity contribution in [3.63, 3.8) is 0 Å². The Labute approximate surface area is 187 Å². The second-order valence-electron chi connectivity index (χ2n) is 8.68. The molecule has 1 atom stereocenters. The van der Waals surface area contributed by atoms with Gasteiger partial charge < -0.3 is 9.84 Å². The average Bonchev–Trinajstić information content (AvgIpc) is 3.39. The maximum absolute atomic E-state index is 10.8. The van der Waals surface area contributed by atoms with Gasteiger partial charge in [-0.1, -0.05) is 73.4 Å². The summed E-state index contributed by atoms with van der Waals surface area (Å²) in [6.07, 6.45) is 2.16. The maximum Gasteiger partial charge on any atom is 0.307 e. The first-order valence-electron chi connectivity index (χ1n) is 9.89. The van der Waals surface area contributed by atoms with E-state index in [0.717, 1.165) is 29.5 Å². The number of carboxylic acids is 1. The lowest BCUT2D eigenvalue weighted by Crippen LogP contribution is -2.23. The molecule has 0 heterocycles. The van der Waals surface area contributed by atoms with Crippen molar-refractivity contribution in [3.05, 3.63) is 70.3 Å². The molecule has 1 aliphatic rings. The average molecular weight is 502 g/mol. The molecule has 1 unspecified atom stereocenters. The normalized spacial score (nSPS) is 15.9. The van der Waals surface area contributed by atoms with E-state index >= 15 is 0 Å². The summed E-state index contributed by atoms with van der Waals surface area (Å²) in [6, 6.07) is 13.9. The fourth-order valence-corrected chi connectivity index (χ4v) is 4.03. The van der Waals surface area contributed by atoms with Crippen LogP contribution in [0.4, 0.5) is 0 Å². The van der Waals surface area contributed by atoms with Crippen LogP contribution in [0.2, 0.25) is 0 Å². The Morgan fingerprint density at radius 2 is 1.72 bits per heavy atom. The van der Waals surface area contributed by atoms with Crippen molar-refractivity contribution in [2.45, 2.75) is 62.1 Å². The van der Waals surface area contributed by atoms with E-state index in [2.05, 4.69) is 80.3 Å². The number of rotatable bonds is 5. The Morgan fingerprint density at radius 1 is 1.14 bits per heavy atom. The summed E-state index contributed by atoms with van der Waals surface area (Å²) in [5.74, 6) is 5.64. The van der Waals surface area contributed by atoms with Crippen LogP contribution in [-0.2, 0) is 27.0 Å². The van der Waals surface area contributed by atoms with Crippen LogP contribution in [0.15, 0.2) is 42.5 Å². The van der Waals surface area contributed by atoms with Crippen LogP contribution < -0.4 is 0 Å². The van der Waals surface area contributed by atoms with Gasteiger partial charge in [-0.25, -0.2) is 0 Å². The van der Waals surface area contributed by atoms with Crippen LogP contribution in [0, 0.1) is 11.8 Å². The molecule has 3 rings (SSSR count). The van der Waals surface area contributed by atoms with Crippen molar-refractivity contribution in [2.75, 3.05) is 0 Å². The zero-order chi connectivity index (χ0) is 21.2. The quantitative estimate of drug-likeness (QED) is 0.320. The van der Waals surface area contributed by atoms with Crippen LogP contribution in [0.25, 0.3) is 0 Å². The number of alkyl halides is 1. The topological polar surface area (TPSA) is 46.5 Å². The second kappa shape index (κ2) is 8.49. The molecule has 2 aromatic rings. The fraction of sp³-hybridized carbons (Fsp3) is 0.400. The predicted molar refractivity (Wildman–Crippen MR) is 124 cm³/mol. The van der Waals surface area contributed by atoms with Crippen LogP contribution in [0.5, 0.6) is 0 Å². The molecular weight excluding hydrogens is 475 g/mol. The minimum atomic E-state index is -0.826. The molecule has 152 valence electrons. The van der Waals surface area contributed by atoms with Crippen molar-refractivity contribution in [3.8, 4) is 11.8 Å². The Kier molecular flexibility index (Phi) is 6.40. The van der Waals surface area contributed by atoms with E-state index in [1.54, 1.807) is 0 Å². The summed E-state index contributed by atoms with van der Waals surface area (Å²) in [7, 11) is 0. The summed E-state index contributed by atoms with van der Waals surface area (Å²) in [5, 5.41) is 8.87. The summed E-state index contributed by atoms with van der Waals surface area (Å²) >= 11 is 2.32. The number of benzene rings is 2. The van der Waals surface area contributed by atoms with Gasteiger partial charge in [0.2, 0.25) is 0 Å². The van der Waals surface area contributed by atoms with E-state index in [9.17, 15) is 4.79 Å². The molecule has 0 saturated heterocycles. The molecule has 1 aliphatic carbocycles. The monoisotopic (exact) mass is 502 g/mol. The molecule has 0 aliphatic heterocycles. The van der Waals surface area contributed by atoms with Crippen LogP contribution in [-0.4, -0.2) is 15.2 Å². The van der Waals surface area contributed by atoms with E-state index in [1.807, 2.05) is 24.3 Å². The highest BCUT2D eigenvalue weighted by Crippen LogP contribution is 2.53. The van der Waals surface area contributed by atoms with Crippen molar-refractivity contribution in [2.24, 2.45) is 0 Å². The highest BCUT2D eigenvalue weighted by Gasteiger charge is 2.48. The largest absolute Gasteiger partial charge is 0.481 e. The molecule has 2 aromatic carbocycles. The van der Waals surface area contributed by atoms with E-state index in [0.29, 0.717) is 0 Å². The van der Waals surface area contributed by atoms with Crippen molar-refractivity contribution in [1.82, 2.24) is 0 Å². The molecule has 3 nitrogen and oxygen atoms in total. The molecule has 0 aromatic heterocycles. The van der Waals surface area contributed by atoms with Gasteiger partial charge >= 0.3 is 5.97 Å². The fourth-order valence-electron chi connectivity index (χ4n) is 3.54. The first-order chi connectivity index (χ1) is 13.6. The molecule has 1 N–H and O–H groups in total. The first kappa shape index (κ1) is 21.9. The molecule has 1 fully saturated rings. The maximum atomic E-state index is 10.8. The van der Waals surface area contributed by atoms with Crippen LogP contribution in [0.3, 0.4) is 0 Å². The Bertz CT molecular complexity index is 952. The Balaban J connectivity index is 1.89. The molecule has 4 heteroatoms. The zero-order valence-electron chi connectivity index (χ0n) is 17.4. The summed E-state index contributed by atoms with van der Waals surface area (Å²) in [4.78, 5) is 10.8. The molecule has 29 heavy (non-hydrogen) atoms. The zero-order valence-corrected chi connectivity index (χ0v) is 19.5. The number of ether oxygens (including phenoxy) is 1. The third-order valence-corrected chi connectivity index (χ3v) is 5.33. The highest BCUT2D eigenvalue weighted by molar-refractivity contribution is 14.1. The molecule has 1 saturated carbocycles. The standard InChI is InChI=1S/C25H27IO3/c1-17(26)29-25(13-14-25)21-12-11-19(15-22(21)24(2,3)4)8-5-18-6-9-20(10-7-18)16-23(27)28/h6-7,9-12,15,17H,13-14,16H2,1-4H3,(H,27,28). The van der Waals surface area contributed by atoms with Gasteiger partial charge in [0.05, 0.1) is 12.0 Å². The van der Waals surface area contributed by atoms with Crippen LogP contribution >= 0.6 is 22.6 Å². The number of hydrogen-bond donors (Lipinski definition) is 1. The lowest BCUT2D eigenvalue weighted by atomic mass is 9.80. The molecular formula is C25H27IO3. The summed E-state index contributed by atoms with van der Waals surface area (Å²) in [6.45, 7) is 8.77. The number of carboxylic acid groups (broad SMARTS) is 1. The van der Waals surface area contributed by atoms with Gasteiger partial charge in [-0.2, -0.15) is 0 Å². The molecule has 0 bridgehead atoms. The van der Waals surface area contributed by atoms with Crippen molar-refractivity contribution >= 4 is 28.6 Å². The van der Waals surface area contributed by atoms with E-state index in [1.165, 1.54) is 11.1 Å². The van der Waals surface area contributed by atoms with Gasteiger partial charge in [0.15, 0.2) is 0 Å². The Morgan fingerprint density at radius 3 is 2.24 bits per heavy atom. The van der Waals surface area contributed by atoms with Gasteiger partial charge in [0.1, 0.15) is 4.11 Å². The minimum Gasteiger partial charge on any atom is -0.481 e. The highest BCUT2D eigenvalue weighted by atomic mass is 127. The minimum absolute atomic E-state index is 0.00103. The summed E-state index contributed by atoms with van der Waals surface area (Å²) in [5.41, 5.74) is 5.07. The van der Waals surface area contributed by atoms with E-state index in [-0.39, 0.29) is 21.5 Å². The van der Waals surface area contributed by atoms with Crippen molar-refractivity contribution < 1.29 is 14.6 Å². The van der Waals surface area contributed by atoms with Gasteiger partial charge in [-0.3, -0.25) is 4.79 Å². The van der Waals surface area contributed by atoms with Crippen molar-refractivity contribution in [1.29, 1.82) is 0 Å². The first-order valence-corrected chi connectivity index (χ1v) is 11.1. The molecule has 0 amide bonds. The number of hydrogen-bond acceptors (Lipinski definition) is 2. The van der Waals surface area contributed by atoms with Gasteiger partial charge in [-0.05, 0) is 66.1 Å². The predicted octanol–water partition coefficient (Wildman–Crippen LogP) is 5.80. The lowest BCUT2D eigenvalue weighted by molar-refractivity contribution is -0.136. The third kappa shape index (κ3) is 5.61. The van der Waals surface area contributed by atoms with Gasteiger partial charge in [0.25, 0.3) is 0 Å². The number of carbonyl (C=O) groups is 1. The number of aliphatic carboxylic acids is 1. The second-order valence-corrected chi connectivity index (χ2v) is 10.4. The number of halogens is 1. The van der Waals surface area contributed by atoms with Gasteiger partial charge in [-0.15, -0.1) is 0 Å². The third-order valence-electron chi connectivity index (χ3n) is 5.07. The Hall–Kier alpha value is -1.84. The molecule has 0 radical (unpaired) electrons. The van der Waals surface area contributed by atoms with Gasteiger partial charge in [0, 0.05) is 11.1 Å². The summed E-state index contributed by atoms with van der Waals surface area (Å²) < 4.78 is 6.46. The van der Waals surface area contributed by atoms with E-state index in [4.69, 9.17) is 9.84 Å². The van der Waals surface area contributed by atoms with E-state index < -0.39 is 5.97 Å². The SMILES string of the molecule is CC(I)OC1(c2ccc(C#Cc3ccc(CC(=O)O)cc3)cc2C(C)(C)C)CC1. The smallest absolute Gasteiger partial charge is 0.307 e. The van der Waals surface area contributed by atoms with Crippen LogP contribution in [0.1, 0.15) is 68.4 Å². The molecule has 0 spiro atoms.